The molecule has 4 rings (SSSR count). The van der Waals surface area contributed by atoms with Gasteiger partial charge < -0.3 is 0 Å². The minimum Gasteiger partial charge on any atom is -0.294 e. The fraction of sp³-hybridized carbons (Fsp3) is 0.316. The molecule has 3 heterocycles. The van der Waals surface area contributed by atoms with Crippen LogP contribution >= 0.6 is 0 Å². The van der Waals surface area contributed by atoms with Crippen molar-refractivity contribution < 1.29 is 8.42 Å². The zero-order valence-corrected chi connectivity index (χ0v) is 16.1. The van der Waals surface area contributed by atoms with Crippen molar-refractivity contribution in [3.63, 3.8) is 0 Å². The SMILES string of the molecule is Cn1cc(CN2CCc3nc(S(C)(=O)=O)ncc3C2)c(-c2ccccc2)n1. The molecule has 0 unspecified atom stereocenters. The highest BCUT2D eigenvalue weighted by atomic mass is 32.2. The molecule has 0 saturated carbocycles. The number of hydrogen-bond acceptors (Lipinski definition) is 6. The summed E-state index contributed by atoms with van der Waals surface area (Å²) in [5, 5.41) is 4.54. The number of hydrogen-bond donors (Lipinski definition) is 0. The molecular formula is C19H21N5O2S. The van der Waals surface area contributed by atoms with Gasteiger partial charge in [0.2, 0.25) is 15.0 Å². The minimum atomic E-state index is -3.38. The van der Waals surface area contributed by atoms with Crippen LogP contribution in [0.2, 0.25) is 0 Å². The first-order valence-corrected chi connectivity index (χ1v) is 10.6. The molecule has 0 amide bonds. The predicted octanol–water partition coefficient (Wildman–Crippen LogP) is 1.84. The molecule has 2 aromatic heterocycles. The number of fused-ring (bicyclic) bond motifs is 1. The lowest BCUT2D eigenvalue weighted by molar-refractivity contribution is 0.242. The Balaban J connectivity index is 1.56. The fourth-order valence-corrected chi connectivity index (χ4v) is 3.92. The van der Waals surface area contributed by atoms with Gasteiger partial charge >= 0.3 is 0 Å². The highest BCUT2D eigenvalue weighted by Crippen LogP contribution is 2.25. The number of aryl methyl sites for hydroxylation is 1. The molecule has 1 aromatic carbocycles. The second-order valence-corrected chi connectivity index (χ2v) is 8.81. The smallest absolute Gasteiger partial charge is 0.246 e. The first kappa shape index (κ1) is 17.8. The van der Waals surface area contributed by atoms with E-state index in [1.54, 1.807) is 6.20 Å². The molecule has 0 bridgehead atoms. The summed E-state index contributed by atoms with van der Waals surface area (Å²) in [4.78, 5) is 10.6. The molecule has 1 aliphatic rings. The topological polar surface area (TPSA) is 81.0 Å². The van der Waals surface area contributed by atoms with Crippen LogP contribution in [0, 0.1) is 0 Å². The Morgan fingerprint density at radius 1 is 1.19 bits per heavy atom. The molecule has 1 aliphatic heterocycles. The fourth-order valence-electron chi connectivity index (χ4n) is 3.40. The van der Waals surface area contributed by atoms with Crippen LogP contribution in [0.3, 0.4) is 0 Å². The Kier molecular flexibility index (Phi) is 4.53. The monoisotopic (exact) mass is 383 g/mol. The minimum absolute atomic E-state index is 0.0895. The van der Waals surface area contributed by atoms with Crippen molar-refractivity contribution in [2.75, 3.05) is 12.8 Å². The van der Waals surface area contributed by atoms with Crippen molar-refractivity contribution in [1.82, 2.24) is 24.6 Å². The normalized spacial score (nSPS) is 14.9. The van der Waals surface area contributed by atoms with E-state index in [1.807, 2.05) is 29.9 Å². The average Bonchev–Trinajstić information content (AvgIpc) is 3.01. The zero-order chi connectivity index (χ0) is 19.0. The van der Waals surface area contributed by atoms with Crippen molar-refractivity contribution in [2.24, 2.45) is 7.05 Å². The van der Waals surface area contributed by atoms with E-state index in [-0.39, 0.29) is 5.16 Å². The Morgan fingerprint density at radius 3 is 2.70 bits per heavy atom. The third kappa shape index (κ3) is 3.77. The molecule has 3 aromatic rings. The number of nitrogens with zero attached hydrogens (tertiary/aromatic N) is 5. The van der Waals surface area contributed by atoms with Crippen LogP contribution in [0.1, 0.15) is 16.8 Å². The van der Waals surface area contributed by atoms with Crippen molar-refractivity contribution in [2.45, 2.75) is 24.7 Å². The number of rotatable bonds is 4. The van der Waals surface area contributed by atoms with Gasteiger partial charge in [-0.15, -0.1) is 0 Å². The maximum absolute atomic E-state index is 11.7. The molecule has 7 nitrogen and oxygen atoms in total. The van der Waals surface area contributed by atoms with Crippen LogP contribution in [0.15, 0.2) is 47.9 Å². The van der Waals surface area contributed by atoms with Crippen molar-refractivity contribution >= 4 is 9.84 Å². The summed E-state index contributed by atoms with van der Waals surface area (Å²) in [6.45, 7) is 2.28. The van der Waals surface area contributed by atoms with Gasteiger partial charge in [0.25, 0.3) is 0 Å². The molecule has 0 fully saturated rings. The largest absolute Gasteiger partial charge is 0.294 e. The zero-order valence-electron chi connectivity index (χ0n) is 15.3. The molecule has 0 aliphatic carbocycles. The molecule has 0 spiro atoms. The molecule has 8 heteroatoms. The first-order chi connectivity index (χ1) is 12.9. The average molecular weight is 383 g/mol. The Bertz CT molecular complexity index is 1080. The second-order valence-electron chi connectivity index (χ2n) is 6.90. The van der Waals surface area contributed by atoms with Crippen LogP contribution in [-0.4, -0.2) is 45.9 Å². The molecule has 27 heavy (non-hydrogen) atoms. The molecule has 0 saturated heterocycles. The molecule has 0 radical (unpaired) electrons. The van der Waals surface area contributed by atoms with Crippen molar-refractivity contribution in [1.29, 1.82) is 0 Å². The summed E-state index contributed by atoms with van der Waals surface area (Å²) >= 11 is 0. The summed E-state index contributed by atoms with van der Waals surface area (Å²) in [6.07, 6.45) is 5.55. The highest BCUT2D eigenvalue weighted by Gasteiger charge is 2.22. The van der Waals surface area contributed by atoms with E-state index in [1.165, 1.54) is 5.56 Å². The van der Waals surface area contributed by atoms with Crippen LogP contribution < -0.4 is 0 Å². The lowest BCUT2D eigenvalue weighted by Gasteiger charge is -2.27. The van der Waals surface area contributed by atoms with Crippen LogP contribution in [-0.2, 0) is 36.4 Å². The lowest BCUT2D eigenvalue weighted by atomic mass is 10.0. The Labute approximate surface area is 158 Å². The van der Waals surface area contributed by atoms with Crippen LogP contribution in [0.25, 0.3) is 11.3 Å². The van der Waals surface area contributed by atoms with E-state index in [4.69, 9.17) is 0 Å². The van der Waals surface area contributed by atoms with Crippen molar-refractivity contribution in [3.05, 3.63) is 59.5 Å². The van der Waals surface area contributed by atoms with Crippen LogP contribution in [0.4, 0.5) is 0 Å². The van der Waals surface area contributed by atoms with Crippen molar-refractivity contribution in [3.8, 4) is 11.3 Å². The maximum atomic E-state index is 11.7. The number of sulfone groups is 1. The van der Waals surface area contributed by atoms with Gasteiger partial charge in [-0.05, 0) is 0 Å². The van der Waals surface area contributed by atoms with E-state index in [2.05, 4.69) is 38.3 Å². The van der Waals surface area contributed by atoms with Gasteiger partial charge in [0, 0.05) is 68.4 Å². The molecule has 0 N–H and O–H groups in total. The van der Waals surface area contributed by atoms with Gasteiger partial charge in [-0.3, -0.25) is 9.58 Å². The van der Waals surface area contributed by atoms with Gasteiger partial charge in [0.1, 0.15) is 0 Å². The van der Waals surface area contributed by atoms with E-state index < -0.39 is 9.84 Å². The van der Waals surface area contributed by atoms with Crippen LogP contribution in [0.5, 0.6) is 0 Å². The maximum Gasteiger partial charge on any atom is 0.246 e. The lowest BCUT2D eigenvalue weighted by Crippen LogP contribution is -2.31. The van der Waals surface area contributed by atoms with E-state index >= 15 is 0 Å². The third-order valence-corrected chi connectivity index (χ3v) is 5.53. The molecular weight excluding hydrogens is 362 g/mol. The number of benzene rings is 1. The van der Waals surface area contributed by atoms with Gasteiger partial charge in [-0.1, -0.05) is 30.3 Å². The summed E-state index contributed by atoms with van der Waals surface area (Å²) in [6, 6.07) is 10.2. The molecule has 140 valence electrons. The highest BCUT2D eigenvalue weighted by molar-refractivity contribution is 7.90. The van der Waals surface area contributed by atoms with Gasteiger partial charge in [-0.25, -0.2) is 18.4 Å². The van der Waals surface area contributed by atoms with Gasteiger partial charge in [0.05, 0.1) is 11.4 Å². The van der Waals surface area contributed by atoms with Gasteiger partial charge in [0.15, 0.2) is 0 Å². The Morgan fingerprint density at radius 2 is 1.96 bits per heavy atom. The molecule has 0 atom stereocenters. The quantitative estimate of drug-likeness (QED) is 0.640. The summed E-state index contributed by atoms with van der Waals surface area (Å²) in [5.41, 5.74) is 5.08. The van der Waals surface area contributed by atoms with Gasteiger partial charge in [-0.2, -0.15) is 5.10 Å². The summed E-state index contributed by atoms with van der Waals surface area (Å²) < 4.78 is 25.2. The third-order valence-electron chi connectivity index (χ3n) is 4.67. The Hall–Kier alpha value is -2.58. The predicted molar refractivity (Wildman–Crippen MR) is 102 cm³/mol. The standard InChI is InChI=1S/C19H21N5O2S/c1-23-11-16(18(22-23)14-6-4-3-5-7-14)13-24-9-8-17-15(12-24)10-20-19(21-17)27(2,25)26/h3-7,10-11H,8-9,12-13H2,1-2H3. The van der Waals surface area contributed by atoms with E-state index in [0.717, 1.165) is 41.9 Å². The van der Waals surface area contributed by atoms with E-state index in [9.17, 15) is 8.42 Å². The summed E-state index contributed by atoms with van der Waals surface area (Å²) in [5.74, 6) is 0. The number of aromatic nitrogens is 4. The summed E-state index contributed by atoms with van der Waals surface area (Å²) in [7, 11) is -1.45. The second kappa shape index (κ2) is 6.86. The first-order valence-electron chi connectivity index (χ1n) is 8.75. The van der Waals surface area contributed by atoms with E-state index in [0.29, 0.717) is 13.0 Å².